The summed E-state index contributed by atoms with van der Waals surface area (Å²) >= 11 is 0. The van der Waals surface area contributed by atoms with Crippen molar-refractivity contribution in [1.29, 1.82) is 0 Å². The molecule has 2 nitrogen and oxygen atoms in total. The Bertz CT molecular complexity index is 479. The quantitative estimate of drug-likeness (QED) is 0.842. The summed E-state index contributed by atoms with van der Waals surface area (Å²) in [6.07, 6.45) is -5.96. The highest BCUT2D eigenvalue weighted by Crippen LogP contribution is 2.36. The number of rotatable bonds is 3. The maximum Gasteiger partial charge on any atom is 0.390 e. The number of nitrogens with one attached hydrogen (secondary N) is 1. The van der Waals surface area contributed by atoms with Crippen LogP contribution in [0.5, 0.6) is 0 Å². The van der Waals surface area contributed by atoms with Crippen molar-refractivity contribution in [3.8, 4) is 0 Å². The Hall–Kier alpha value is -0.990. The van der Waals surface area contributed by atoms with Crippen molar-refractivity contribution in [3.05, 3.63) is 35.1 Å². The van der Waals surface area contributed by atoms with Crippen LogP contribution in [0.4, 0.5) is 26.3 Å². The zero-order valence-electron chi connectivity index (χ0n) is 11.4. The Labute approximate surface area is 129 Å². The van der Waals surface area contributed by atoms with Crippen LogP contribution in [0.3, 0.4) is 0 Å². The van der Waals surface area contributed by atoms with E-state index in [4.69, 9.17) is 0 Å². The minimum absolute atomic E-state index is 0. The molecule has 0 saturated carbocycles. The monoisotopic (exact) mass is 348 g/mol. The molecule has 9 heteroatoms. The number of halogens is 7. The minimum Gasteiger partial charge on any atom is -0.314 e. The lowest BCUT2D eigenvalue weighted by Crippen LogP contribution is -2.46. The molecule has 22 heavy (non-hydrogen) atoms. The molecular formula is C13H15ClF6N2. The number of hydrogen-bond donors (Lipinski definition) is 1. The van der Waals surface area contributed by atoms with Crippen molar-refractivity contribution in [3.63, 3.8) is 0 Å². The van der Waals surface area contributed by atoms with Crippen LogP contribution in [0.15, 0.2) is 12.1 Å². The van der Waals surface area contributed by atoms with Gasteiger partial charge >= 0.3 is 6.18 Å². The molecule has 0 aromatic heterocycles. The molecule has 0 spiro atoms. The fourth-order valence-corrected chi connectivity index (χ4v) is 2.50. The zero-order chi connectivity index (χ0) is 15.6. The average Bonchev–Trinajstić information content (AvgIpc) is 2.36. The second-order valence-electron chi connectivity index (χ2n) is 4.90. The Balaban J connectivity index is 0.00000242. The van der Waals surface area contributed by atoms with E-state index in [0.29, 0.717) is 25.2 Å². The standard InChI is InChI=1S/C13H14F6N2.ClH/c14-8-5-9(15)12(10(16)6-8)11(7-13(17,18)19)21-3-1-20-2-4-21;/h5-6,11,20H,1-4,7H2;1H/t11-;/m0./s1. The Morgan fingerprint density at radius 2 is 1.55 bits per heavy atom. The molecule has 0 radical (unpaired) electrons. The fourth-order valence-electron chi connectivity index (χ4n) is 2.50. The molecule has 0 aliphatic carbocycles. The number of hydrogen-bond acceptors (Lipinski definition) is 2. The molecule has 1 fully saturated rings. The predicted molar refractivity (Wildman–Crippen MR) is 71.4 cm³/mol. The maximum atomic E-state index is 13.8. The molecule has 0 unspecified atom stereocenters. The number of piperazine rings is 1. The molecule has 1 aliphatic heterocycles. The van der Waals surface area contributed by atoms with Crippen LogP contribution in [-0.4, -0.2) is 37.3 Å². The van der Waals surface area contributed by atoms with Crippen LogP contribution in [-0.2, 0) is 0 Å². The highest BCUT2D eigenvalue weighted by atomic mass is 35.5. The second-order valence-corrected chi connectivity index (χ2v) is 4.90. The smallest absolute Gasteiger partial charge is 0.314 e. The van der Waals surface area contributed by atoms with Gasteiger partial charge in [-0.25, -0.2) is 13.2 Å². The van der Waals surface area contributed by atoms with Crippen molar-refractivity contribution < 1.29 is 26.3 Å². The van der Waals surface area contributed by atoms with Gasteiger partial charge in [0, 0.05) is 49.9 Å². The lowest BCUT2D eigenvalue weighted by molar-refractivity contribution is -0.149. The Morgan fingerprint density at radius 3 is 2.00 bits per heavy atom. The van der Waals surface area contributed by atoms with E-state index < -0.39 is 41.7 Å². The first-order valence-corrected chi connectivity index (χ1v) is 6.44. The van der Waals surface area contributed by atoms with E-state index in [1.54, 1.807) is 0 Å². The summed E-state index contributed by atoms with van der Waals surface area (Å²) in [6.45, 7) is 1.32. The van der Waals surface area contributed by atoms with E-state index in [0.717, 1.165) is 0 Å². The van der Waals surface area contributed by atoms with Crippen molar-refractivity contribution in [2.24, 2.45) is 0 Å². The summed E-state index contributed by atoms with van der Waals surface area (Å²) in [5.41, 5.74) is -0.726. The van der Waals surface area contributed by atoms with Gasteiger partial charge in [-0.15, -0.1) is 12.4 Å². The lowest BCUT2D eigenvalue weighted by Gasteiger charge is -2.35. The SMILES string of the molecule is Cl.Fc1cc(F)c([C@H](CC(F)(F)F)N2CCNCC2)c(F)c1. The third-order valence-corrected chi connectivity index (χ3v) is 3.39. The predicted octanol–water partition coefficient (Wildman–Crippen LogP) is 3.42. The molecular weight excluding hydrogens is 334 g/mol. The zero-order valence-corrected chi connectivity index (χ0v) is 12.2. The first-order chi connectivity index (χ1) is 9.78. The fraction of sp³-hybridized carbons (Fsp3) is 0.538. The van der Waals surface area contributed by atoms with Gasteiger partial charge in [-0.2, -0.15) is 13.2 Å². The van der Waals surface area contributed by atoms with Crippen LogP contribution in [0, 0.1) is 17.5 Å². The third kappa shape index (κ3) is 4.76. The first-order valence-electron chi connectivity index (χ1n) is 6.44. The van der Waals surface area contributed by atoms with E-state index in [-0.39, 0.29) is 25.5 Å². The van der Waals surface area contributed by atoms with Crippen LogP contribution < -0.4 is 5.32 Å². The van der Waals surface area contributed by atoms with E-state index in [2.05, 4.69) is 5.32 Å². The molecule has 1 heterocycles. The van der Waals surface area contributed by atoms with Gasteiger partial charge in [0.1, 0.15) is 17.5 Å². The van der Waals surface area contributed by atoms with Gasteiger partial charge in [0.25, 0.3) is 0 Å². The summed E-state index contributed by atoms with van der Waals surface area (Å²) in [7, 11) is 0. The van der Waals surface area contributed by atoms with Crippen LogP contribution in [0.2, 0.25) is 0 Å². The molecule has 0 amide bonds. The topological polar surface area (TPSA) is 15.3 Å². The molecule has 1 aromatic carbocycles. The Morgan fingerprint density at radius 1 is 1.05 bits per heavy atom. The molecule has 1 aliphatic rings. The van der Waals surface area contributed by atoms with Crippen molar-refractivity contribution in [2.75, 3.05) is 26.2 Å². The van der Waals surface area contributed by atoms with Gasteiger partial charge in [0.15, 0.2) is 0 Å². The van der Waals surface area contributed by atoms with E-state index in [1.807, 2.05) is 0 Å². The molecule has 126 valence electrons. The maximum absolute atomic E-state index is 13.8. The highest BCUT2D eigenvalue weighted by molar-refractivity contribution is 5.85. The summed E-state index contributed by atoms with van der Waals surface area (Å²) in [5, 5.41) is 2.95. The lowest BCUT2D eigenvalue weighted by atomic mass is 9.99. The number of benzene rings is 1. The van der Waals surface area contributed by atoms with Gasteiger partial charge in [0.05, 0.1) is 6.42 Å². The molecule has 1 aromatic rings. The van der Waals surface area contributed by atoms with Gasteiger partial charge in [-0.1, -0.05) is 0 Å². The van der Waals surface area contributed by atoms with Crippen molar-refractivity contribution in [2.45, 2.75) is 18.6 Å². The van der Waals surface area contributed by atoms with Gasteiger partial charge in [-0.05, 0) is 0 Å². The largest absolute Gasteiger partial charge is 0.390 e. The molecule has 0 bridgehead atoms. The van der Waals surface area contributed by atoms with Crippen molar-refractivity contribution >= 4 is 12.4 Å². The minimum atomic E-state index is -4.58. The first kappa shape index (κ1) is 19.1. The van der Waals surface area contributed by atoms with Crippen LogP contribution in [0.25, 0.3) is 0 Å². The van der Waals surface area contributed by atoms with E-state index in [9.17, 15) is 26.3 Å². The Kier molecular flexibility index (Phi) is 6.51. The normalized spacial score (nSPS) is 17.9. The molecule has 2 rings (SSSR count). The molecule has 1 atom stereocenters. The van der Waals surface area contributed by atoms with Crippen molar-refractivity contribution in [1.82, 2.24) is 10.2 Å². The molecule has 1 N–H and O–H groups in total. The van der Waals surface area contributed by atoms with Crippen LogP contribution in [0.1, 0.15) is 18.0 Å². The summed E-state index contributed by atoms with van der Waals surface area (Å²) < 4.78 is 78.7. The number of nitrogens with zero attached hydrogens (tertiary/aromatic N) is 1. The average molecular weight is 349 g/mol. The summed E-state index contributed by atoms with van der Waals surface area (Å²) in [4.78, 5) is 1.36. The van der Waals surface area contributed by atoms with Gasteiger partial charge in [0.2, 0.25) is 0 Å². The molecule has 1 saturated heterocycles. The third-order valence-electron chi connectivity index (χ3n) is 3.39. The summed E-state index contributed by atoms with van der Waals surface area (Å²) in [5.74, 6) is -3.74. The van der Waals surface area contributed by atoms with Gasteiger partial charge in [-0.3, -0.25) is 4.90 Å². The number of alkyl halides is 3. The van der Waals surface area contributed by atoms with Gasteiger partial charge < -0.3 is 5.32 Å². The second kappa shape index (κ2) is 7.52. The highest BCUT2D eigenvalue weighted by Gasteiger charge is 2.38. The van der Waals surface area contributed by atoms with E-state index >= 15 is 0 Å². The van der Waals surface area contributed by atoms with E-state index in [1.165, 1.54) is 4.90 Å². The van der Waals surface area contributed by atoms with Crippen LogP contribution >= 0.6 is 12.4 Å². The summed E-state index contributed by atoms with van der Waals surface area (Å²) in [6, 6.07) is -0.679.